The smallest absolute Gasteiger partial charge is 0.345 e. The molecule has 0 unspecified atom stereocenters. The fourth-order valence-electron chi connectivity index (χ4n) is 3.17. The van der Waals surface area contributed by atoms with E-state index in [4.69, 9.17) is 39.5 Å². The molecular formula is C25H15Cl3N2O3. The van der Waals surface area contributed by atoms with Gasteiger partial charge in [-0.05, 0) is 47.2 Å². The van der Waals surface area contributed by atoms with Crippen LogP contribution in [0.5, 0.6) is 5.75 Å². The van der Waals surface area contributed by atoms with E-state index < -0.39 is 11.9 Å². The number of esters is 1. The van der Waals surface area contributed by atoms with E-state index in [1.165, 1.54) is 18.3 Å². The Morgan fingerprint density at radius 1 is 0.818 bits per heavy atom. The number of hydrazone groups is 1. The van der Waals surface area contributed by atoms with Gasteiger partial charge in [-0.25, -0.2) is 10.2 Å². The third kappa shape index (κ3) is 5.17. The summed E-state index contributed by atoms with van der Waals surface area (Å²) in [6.45, 7) is 0. The topological polar surface area (TPSA) is 67.8 Å². The van der Waals surface area contributed by atoms with E-state index in [-0.39, 0.29) is 16.3 Å². The molecule has 0 saturated heterocycles. The van der Waals surface area contributed by atoms with Crippen molar-refractivity contribution in [1.82, 2.24) is 5.43 Å². The number of fused-ring (bicyclic) bond motifs is 1. The van der Waals surface area contributed by atoms with Crippen molar-refractivity contribution >= 4 is 63.7 Å². The van der Waals surface area contributed by atoms with Crippen LogP contribution in [0, 0.1) is 0 Å². The Bertz CT molecular complexity index is 1400. The number of ether oxygens (including phenoxy) is 1. The largest absolute Gasteiger partial charge is 0.422 e. The van der Waals surface area contributed by atoms with E-state index >= 15 is 0 Å². The highest BCUT2D eigenvalue weighted by atomic mass is 35.5. The Labute approximate surface area is 204 Å². The number of nitrogens with zero attached hydrogens (tertiary/aromatic N) is 1. The maximum atomic E-state index is 12.8. The number of halogens is 3. The number of amides is 1. The van der Waals surface area contributed by atoms with Crippen LogP contribution in [0.1, 0.15) is 26.3 Å². The molecule has 4 rings (SSSR count). The van der Waals surface area contributed by atoms with Crippen molar-refractivity contribution in [2.24, 2.45) is 5.10 Å². The zero-order valence-electron chi connectivity index (χ0n) is 16.9. The van der Waals surface area contributed by atoms with Crippen molar-refractivity contribution in [2.75, 3.05) is 0 Å². The van der Waals surface area contributed by atoms with Gasteiger partial charge in [0, 0.05) is 10.6 Å². The summed E-state index contributed by atoms with van der Waals surface area (Å²) in [5.74, 6) is -0.870. The Hall–Kier alpha value is -3.38. The standard InChI is InChI=1S/C25H15Cl3N2O3/c26-16-10-11-19(22(28)13-16)25(32)33-23-12-9-15-5-1-2-6-17(15)20(23)14-29-30-24(31)18-7-3-4-8-21(18)27/h1-14H,(H,30,31). The Balaban J connectivity index is 1.65. The monoisotopic (exact) mass is 496 g/mol. The van der Waals surface area contributed by atoms with Gasteiger partial charge in [0.2, 0.25) is 0 Å². The number of benzene rings is 4. The molecule has 1 amide bonds. The number of nitrogens with one attached hydrogen (secondary N) is 1. The lowest BCUT2D eigenvalue weighted by molar-refractivity contribution is 0.0734. The van der Waals surface area contributed by atoms with Gasteiger partial charge in [0.1, 0.15) is 5.75 Å². The molecule has 5 nitrogen and oxygen atoms in total. The predicted molar refractivity (Wildman–Crippen MR) is 132 cm³/mol. The first-order valence-corrected chi connectivity index (χ1v) is 10.8. The molecule has 4 aromatic rings. The summed E-state index contributed by atoms with van der Waals surface area (Å²) in [4.78, 5) is 25.2. The highest BCUT2D eigenvalue weighted by molar-refractivity contribution is 6.36. The molecule has 0 fully saturated rings. The van der Waals surface area contributed by atoms with Gasteiger partial charge in [0.25, 0.3) is 5.91 Å². The van der Waals surface area contributed by atoms with Crippen LogP contribution in [0.15, 0.2) is 84.0 Å². The first-order chi connectivity index (χ1) is 15.9. The first-order valence-electron chi connectivity index (χ1n) is 9.71. The maximum absolute atomic E-state index is 12.8. The second-order valence-electron chi connectivity index (χ2n) is 6.89. The summed E-state index contributed by atoms with van der Waals surface area (Å²) < 4.78 is 5.63. The molecule has 0 radical (unpaired) electrons. The molecule has 0 aliphatic rings. The van der Waals surface area contributed by atoms with Crippen molar-refractivity contribution in [1.29, 1.82) is 0 Å². The number of hydrogen-bond donors (Lipinski definition) is 1. The van der Waals surface area contributed by atoms with Crippen molar-refractivity contribution in [3.05, 3.63) is 111 Å². The summed E-state index contributed by atoms with van der Waals surface area (Å²) in [6, 6.07) is 22.1. The molecule has 0 bridgehead atoms. The summed E-state index contributed by atoms with van der Waals surface area (Å²) in [6.07, 6.45) is 1.42. The van der Waals surface area contributed by atoms with E-state index in [0.717, 1.165) is 10.8 Å². The van der Waals surface area contributed by atoms with Crippen molar-refractivity contribution in [2.45, 2.75) is 0 Å². The van der Waals surface area contributed by atoms with E-state index in [0.29, 0.717) is 21.2 Å². The van der Waals surface area contributed by atoms with Gasteiger partial charge in [-0.2, -0.15) is 5.10 Å². The predicted octanol–water partition coefficient (Wildman–Crippen LogP) is 6.78. The van der Waals surface area contributed by atoms with Crippen molar-refractivity contribution in [3.63, 3.8) is 0 Å². The Morgan fingerprint density at radius 2 is 1.58 bits per heavy atom. The van der Waals surface area contributed by atoms with E-state index in [1.54, 1.807) is 36.4 Å². The highest BCUT2D eigenvalue weighted by Crippen LogP contribution is 2.29. The number of hydrogen-bond acceptors (Lipinski definition) is 4. The van der Waals surface area contributed by atoms with Gasteiger partial charge in [-0.3, -0.25) is 4.79 Å². The lowest BCUT2D eigenvalue weighted by atomic mass is 10.0. The summed E-state index contributed by atoms with van der Waals surface area (Å²) >= 11 is 18.1. The van der Waals surface area contributed by atoms with Crippen molar-refractivity contribution < 1.29 is 14.3 Å². The maximum Gasteiger partial charge on any atom is 0.345 e. The minimum Gasteiger partial charge on any atom is -0.422 e. The molecular weight excluding hydrogens is 483 g/mol. The molecule has 4 aromatic carbocycles. The molecule has 164 valence electrons. The van der Waals surface area contributed by atoms with Crippen LogP contribution < -0.4 is 10.2 Å². The molecule has 0 aliphatic heterocycles. The highest BCUT2D eigenvalue weighted by Gasteiger charge is 2.16. The van der Waals surface area contributed by atoms with Crippen LogP contribution in [0.25, 0.3) is 10.8 Å². The van der Waals surface area contributed by atoms with Gasteiger partial charge in [-0.15, -0.1) is 0 Å². The quantitative estimate of drug-likeness (QED) is 0.143. The van der Waals surface area contributed by atoms with Gasteiger partial charge >= 0.3 is 5.97 Å². The first kappa shape index (κ1) is 22.8. The van der Waals surface area contributed by atoms with Crippen LogP contribution >= 0.6 is 34.8 Å². The molecule has 0 heterocycles. The molecule has 0 atom stereocenters. The summed E-state index contributed by atoms with van der Waals surface area (Å²) in [5.41, 5.74) is 3.42. The fourth-order valence-corrected chi connectivity index (χ4v) is 3.88. The second-order valence-corrected chi connectivity index (χ2v) is 8.14. The zero-order chi connectivity index (χ0) is 23.4. The van der Waals surface area contributed by atoms with Gasteiger partial charge in [0.15, 0.2) is 0 Å². The Kier molecular flexibility index (Phi) is 6.94. The van der Waals surface area contributed by atoms with E-state index in [2.05, 4.69) is 10.5 Å². The molecule has 8 heteroatoms. The van der Waals surface area contributed by atoms with Gasteiger partial charge < -0.3 is 4.74 Å². The molecule has 0 saturated carbocycles. The fraction of sp³-hybridized carbons (Fsp3) is 0. The lowest BCUT2D eigenvalue weighted by Crippen LogP contribution is -2.18. The molecule has 0 spiro atoms. The summed E-state index contributed by atoms with van der Waals surface area (Å²) in [7, 11) is 0. The van der Waals surface area contributed by atoms with Crippen LogP contribution in [-0.4, -0.2) is 18.1 Å². The van der Waals surface area contributed by atoms with Crippen LogP contribution in [0.4, 0.5) is 0 Å². The third-order valence-corrected chi connectivity index (χ3v) is 5.64. The third-order valence-electron chi connectivity index (χ3n) is 4.76. The zero-order valence-corrected chi connectivity index (χ0v) is 19.2. The minimum atomic E-state index is -0.651. The molecule has 0 aromatic heterocycles. The number of carbonyl (C=O) groups is 2. The second kappa shape index (κ2) is 10.0. The minimum absolute atomic E-state index is 0.170. The lowest BCUT2D eigenvalue weighted by Gasteiger charge is -2.11. The SMILES string of the molecule is O=C(NN=Cc1c(OC(=O)c2ccc(Cl)cc2Cl)ccc2ccccc12)c1ccccc1Cl. The van der Waals surface area contributed by atoms with Crippen molar-refractivity contribution in [3.8, 4) is 5.75 Å². The average molecular weight is 498 g/mol. The Morgan fingerprint density at radius 3 is 2.36 bits per heavy atom. The van der Waals surface area contributed by atoms with E-state index in [9.17, 15) is 9.59 Å². The normalized spacial score (nSPS) is 11.0. The van der Waals surface area contributed by atoms with Gasteiger partial charge in [-0.1, -0.05) is 77.3 Å². The molecule has 0 aliphatic carbocycles. The van der Waals surface area contributed by atoms with Crippen LogP contribution in [0.3, 0.4) is 0 Å². The average Bonchev–Trinajstić information content (AvgIpc) is 2.80. The molecule has 1 N–H and O–H groups in total. The van der Waals surface area contributed by atoms with Crippen LogP contribution in [-0.2, 0) is 0 Å². The summed E-state index contributed by atoms with van der Waals surface area (Å²) in [5, 5.41) is 6.64. The number of carbonyl (C=O) groups excluding carboxylic acids is 2. The van der Waals surface area contributed by atoms with Gasteiger partial charge in [0.05, 0.1) is 27.4 Å². The number of rotatable bonds is 5. The van der Waals surface area contributed by atoms with E-state index in [1.807, 2.05) is 30.3 Å². The van der Waals surface area contributed by atoms with Crippen LogP contribution in [0.2, 0.25) is 15.1 Å². The molecule has 33 heavy (non-hydrogen) atoms.